The number of nitrogens with one attached hydrogen (secondary N) is 1. The molecule has 1 fully saturated rings. The Hall–Kier alpha value is -0.950. The van der Waals surface area contributed by atoms with Crippen molar-refractivity contribution in [1.82, 2.24) is 9.62 Å². The lowest BCUT2D eigenvalue weighted by molar-refractivity contribution is 0.180. The number of likely N-dealkylation sites (N-methyl/N-ethyl adjacent to an activating group) is 1. The van der Waals surface area contributed by atoms with E-state index in [9.17, 15) is 8.42 Å². The lowest BCUT2D eigenvalue weighted by Gasteiger charge is -2.20. The van der Waals surface area contributed by atoms with E-state index in [2.05, 4.69) is 5.32 Å². The maximum absolute atomic E-state index is 12.5. The lowest BCUT2D eigenvalue weighted by Crippen LogP contribution is -2.33. The Morgan fingerprint density at radius 2 is 1.95 bits per heavy atom. The molecule has 5 nitrogen and oxygen atoms in total. The first kappa shape index (κ1) is 16.4. The Balaban J connectivity index is 2.03. The van der Waals surface area contributed by atoms with Crippen LogP contribution in [0.2, 0.25) is 0 Å². The number of nitrogens with zero attached hydrogens (tertiary/aromatic N) is 1. The van der Waals surface area contributed by atoms with Gasteiger partial charge in [-0.05, 0) is 30.5 Å². The summed E-state index contributed by atoms with van der Waals surface area (Å²) in [4.78, 5) is 0.343. The minimum Gasteiger partial charge on any atom is -0.383 e. The molecule has 1 aromatic rings. The van der Waals surface area contributed by atoms with Gasteiger partial charge < -0.3 is 10.1 Å². The van der Waals surface area contributed by atoms with E-state index < -0.39 is 10.0 Å². The summed E-state index contributed by atoms with van der Waals surface area (Å²) in [5.74, 6) is 0. The van der Waals surface area contributed by atoms with Crippen molar-refractivity contribution in [2.24, 2.45) is 0 Å². The molecule has 0 unspecified atom stereocenters. The molecule has 1 aromatic carbocycles. The summed E-state index contributed by atoms with van der Waals surface area (Å²) in [5, 5.41) is 3.42. The number of benzene rings is 1. The molecule has 0 aromatic heterocycles. The van der Waals surface area contributed by atoms with Crippen LogP contribution in [0.1, 0.15) is 25.3 Å². The van der Waals surface area contributed by atoms with Gasteiger partial charge in [-0.1, -0.05) is 19.1 Å². The average molecular weight is 312 g/mol. The van der Waals surface area contributed by atoms with Crippen molar-refractivity contribution in [3.8, 4) is 0 Å². The SMILES string of the molecule is CCN(CCOC)S(=O)(=O)c1ccc(CNC2CC2)cc1. The van der Waals surface area contributed by atoms with Crippen LogP contribution in [-0.4, -0.2) is 45.6 Å². The first-order valence-corrected chi connectivity index (χ1v) is 8.83. The van der Waals surface area contributed by atoms with Gasteiger partial charge in [0.2, 0.25) is 10.0 Å². The third-order valence-corrected chi connectivity index (χ3v) is 5.62. The topological polar surface area (TPSA) is 58.6 Å². The zero-order valence-electron chi connectivity index (χ0n) is 12.7. The Labute approximate surface area is 127 Å². The molecule has 0 spiro atoms. The van der Waals surface area contributed by atoms with Crippen LogP contribution in [0.3, 0.4) is 0 Å². The highest BCUT2D eigenvalue weighted by molar-refractivity contribution is 7.89. The molecule has 0 radical (unpaired) electrons. The fourth-order valence-corrected chi connectivity index (χ4v) is 3.55. The van der Waals surface area contributed by atoms with Crippen LogP contribution in [-0.2, 0) is 21.3 Å². The van der Waals surface area contributed by atoms with Gasteiger partial charge >= 0.3 is 0 Å². The van der Waals surface area contributed by atoms with Gasteiger partial charge in [0, 0.05) is 32.8 Å². The second kappa shape index (κ2) is 7.35. The second-order valence-electron chi connectivity index (χ2n) is 5.29. The van der Waals surface area contributed by atoms with Gasteiger partial charge in [-0.3, -0.25) is 0 Å². The number of methoxy groups -OCH3 is 1. The molecule has 0 heterocycles. The zero-order valence-corrected chi connectivity index (χ0v) is 13.5. The van der Waals surface area contributed by atoms with Crippen molar-refractivity contribution in [2.45, 2.75) is 37.2 Å². The molecule has 0 amide bonds. The largest absolute Gasteiger partial charge is 0.383 e. The molecule has 21 heavy (non-hydrogen) atoms. The molecular weight excluding hydrogens is 288 g/mol. The van der Waals surface area contributed by atoms with E-state index in [1.165, 1.54) is 17.1 Å². The molecule has 1 aliphatic carbocycles. The Morgan fingerprint density at radius 3 is 2.48 bits per heavy atom. The smallest absolute Gasteiger partial charge is 0.243 e. The predicted octanol–water partition coefficient (Wildman–Crippen LogP) is 1.60. The summed E-state index contributed by atoms with van der Waals surface area (Å²) in [6.45, 7) is 3.85. The van der Waals surface area contributed by atoms with Gasteiger partial charge in [0.05, 0.1) is 11.5 Å². The van der Waals surface area contributed by atoms with Crippen molar-refractivity contribution in [1.29, 1.82) is 0 Å². The fraction of sp³-hybridized carbons (Fsp3) is 0.600. The minimum absolute atomic E-state index is 0.343. The third-order valence-electron chi connectivity index (χ3n) is 3.63. The summed E-state index contributed by atoms with van der Waals surface area (Å²) in [7, 11) is -1.85. The summed E-state index contributed by atoms with van der Waals surface area (Å²) in [6, 6.07) is 7.79. The highest BCUT2D eigenvalue weighted by atomic mass is 32.2. The number of sulfonamides is 1. The zero-order chi connectivity index (χ0) is 15.3. The summed E-state index contributed by atoms with van der Waals surface area (Å²) in [6.07, 6.45) is 2.49. The van der Waals surface area contributed by atoms with Gasteiger partial charge in [0.25, 0.3) is 0 Å². The molecule has 0 saturated heterocycles. The van der Waals surface area contributed by atoms with Crippen LogP contribution in [0, 0.1) is 0 Å². The second-order valence-corrected chi connectivity index (χ2v) is 7.23. The number of rotatable bonds is 9. The minimum atomic E-state index is -3.43. The molecular formula is C15H24N2O3S. The molecule has 2 rings (SSSR count). The number of ether oxygens (including phenoxy) is 1. The van der Waals surface area contributed by atoms with E-state index in [-0.39, 0.29) is 0 Å². The van der Waals surface area contributed by atoms with Crippen molar-refractivity contribution in [2.75, 3.05) is 26.8 Å². The summed E-state index contributed by atoms with van der Waals surface area (Å²) in [5.41, 5.74) is 1.11. The van der Waals surface area contributed by atoms with E-state index in [0.717, 1.165) is 12.1 Å². The highest BCUT2D eigenvalue weighted by Crippen LogP contribution is 2.20. The Kier molecular flexibility index (Phi) is 5.75. The molecule has 0 bridgehead atoms. The van der Waals surface area contributed by atoms with Gasteiger partial charge in [-0.25, -0.2) is 8.42 Å². The monoisotopic (exact) mass is 312 g/mol. The van der Waals surface area contributed by atoms with Crippen LogP contribution in [0.5, 0.6) is 0 Å². The van der Waals surface area contributed by atoms with E-state index in [1.54, 1.807) is 19.2 Å². The molecule has 1 saturated carbocycles. The van der Waals surface area contributed by atoms with Crippen molar-refractivity contribution < 1.29 is 13.2 Å². The van der Waals surface area contributed by atoms with Crippen LogP contribution in [0.4, 0.5) is 0 Å². The number of hydrogen-bond acceptors (Lipinski definition) is 4. The molecule has 118 valence electrons. The Bertz CT molecular complexity index is 539. The Morgan fingerprint density at radius 1 is 1.29 bits per heavy atom. The predicted molar refractivity (Wildman–Crippen MR) is 82.6 cm³/mol. The quantitative estimate of drug-likeness (QED) is 0.752. The van der Waals surface area contributed by atoms with E-state index in [0.29, 0.717) is 30.6 Å². The van der Waals surface area contributed by atoms with Crippen LogP contribution in [0.15, 0.2) is 29.2 Å². The molecule has 0 atom stereocenters. The van der Waals surface area contributed by atoms with Gasteiger partial charge in [-0.15, -0.1) is 0 Å². The standard InChI is InChI=1S/C15H24N2O3S/c1-3-17(10-11-20-2)21(18,19)15-8-4-13(5-9-15)12-16-14-6-7-14/h4-5,8-9,14,16H,3,6-7,10-12H2,1-2H3. The lowest BCUT2D eigenvalue weighted by atomic mass is 10.2. The van der Waals surface area contributed by atoms with Crippen LogP contribution >= 0.6 is 0 Å². The maximum Gasteiger partial charge on any atom is 0.243 e. The van der Waals surface area contributed by atoms with Gasteiger partial charge in [-0.2, -0.15) is 4.31 Å². The highest BCUT2D eigenvalue weighted by Gasteiger charge is 2.23. The van der Waals surface area contributed by atoms with Gasteiger partial charge in [0.1, 0.15) is 0 Å². The van der Waals surface area contributed by atoms with Crippen LogP contribution < -0.4 is 5.32 Å². The van der Waals surface area contributed by atoms with Crippen molar-refractivity contribution in [3.63, 3.8) is 0 Å². The first-order valence-electron chi connectivity index (χ1n) is 7.39. The first-order chi connectivity index (χ1) is 10.1. The van der Waals surface area contributed by atoms with Crippen molar-refractivity contribution >= 4 is 10.0 Å². The molecule has 1 aliphatic rings. The van der Waals surface area contributed by atoms with Gasteiger partial charge in [0.15, 0.2) is 0 Å². The molecule has 1 N–H and O–H groups in total. The third kappa shape index (κ3) is 4.51. The molecule has 6 heteroatoms. The van der Waals surface area contributed by atoms with E-state index in [1.807, 2.05) is 19.1 Å². The van der Waals surface area contributed by atoms with Crippen molar-refractivity contribution in [3.05, 3.63) is 29.8 Å². The number of hydrogen-bond donors (Lipinski definition) is 1. The fourth-order valence-electron chi connectivity index (χ4n) is 2.12. The summed E-state index contributed by atoms with van der Waals surface area (Å²) < 4.78 is 31.4. The normalized spacial score (nSPS) is 15.6. The van der Waals surface area contributed by atoms with Crippen LogP contribution in [0.25, 0.3) is 0 Å². The van der Waals surface area contributed by atoms with E-state index in [4.69, 9.17) is 4.74 Å². The van der Waals surface area contributed by atoms with E-state index >= 15 is 0 Å². The molecule has 0 aliphatic heterocycles. The summed E-state index contributed by atoms with van der Waals surface area (Å²) >= 11 is 0. The maximum atomic E-state index is 12.5. The average Bonchev–Trinajstić information content (AvgIpc) is 3.30.